The molecule has 1 atom stereocenters. The molecular formula is C16H27NO. The highest BCUT2D eigenvalue weighted by atomic mass is 16.3. The molecule has 1 rings (SSSR count). The van der Waals surface area contributed by atoms with Crippen LogP contribution in [0.15, 0.2) is 24.3 Å². The van der Waals surface area contributed by atoms with Crippen molar-refractivity contribution in [2.45, 2.75) is 40.7 Å². The first-order chi connectivity index (χ1) is 8.41. The van der Waals surface area contributed by atoms with Gasteiger partial charge >= 0.3 is 0 Å². The Morgan fingerprint density at radius 2 is 1.67 bits per heavy atom. The van der Waals surface area contributed by atoms with Gasteiger partial charge in [0.15, 0.2) is 0 Å². The van der Waals surface area contributed by atoms with Gasteiger partial charge in [0.25, 0.3) is 0 Å². The largest absolute Gasteiger partial charge is 0.508 e. The van der Waals surface area contributed by atoms with Crippen LogP contribution in [0.2, 0.25) is 0 Å². The predicted molar refractivity (Wildman–Crippen MR) is 77.7 cm³/mol. The summed E-state index contributed by atoms with van der Waals surface area (Å²) in [6, 6.07) is 7.76. The second-order valence-electron chi connectivity index (χ2n) is 5.88. The van der Waals surface area contributed by atoms with E-state index in [4.69, 9.17) is 0 Å². The van der Waals surface area contributed by atoms with Crippen LogP contribution in [0, 0.1) is 17.8 Å². The van der Waals surface area contributed by atoms with Crippen LogP contribution in [-0.4, -0.2) is 11.7 Å². The van der Waals surface area contributed by atoms with Crippen LogP contribution in [-0.2, 0) is 0 Å². The van der Waals surface area contributed by atoms with Gasteiger partial charge in [0.2, 0.25) is 0 Å². The maximum Gasteiger partial charge on any atom is 0.115 e. The van der Waals surface area contributed by atoms with Crippen LogP contribution >= 0.6 is 0 Å². The third kappa shape index (κ3) is 4.34. The third-order valence-electron chi connectivity index (χ3n) is 3.74. The molecular weight excluding hydrogens is 222 g/mol. The van der Waals surface area contributed by atoms with Crippen molar-refractivity contribution in [3.8, 4) is 5.75 Å². The summed E-state index contributed by atoms with van der Waals surface area (Å²) in [5, 5.41) is 13.1. The van der Waals surface area contributed by atoms with Crippen LogP contribution in [0.25, 0.3) is 0 Å². The number of phenols is 1. The molecule has 2 N–H and O–H groups in total. The van der Waals surface area contributed by atoms with Crippen molar-refractivity contribution in [1.29, 1.82) is 0 Å². The highest BCUT2D eigenvalue weighted by Gasteiger charge is 2.18. The zero-order valence-corrected chi connectivity index (χ0v) is 12.3. The summed E-state index contributed by atoms with van der Waals surface area (Å²) < 4.78 is 0. The average molecular weight is 249 g/mol. The number of aromatic hydroxyl groups is 1. The van der Waals surface area contributed by atoms with E-state index in [2.05, 4.69) is 46.0 Å². The number of nitrogens with one attached hydrogen (secondary N) is 1. The lowest BCUT2D eigenvalue weighted by Gasteiger charge is -2.27. The Morgan fingerprint density at radius 1 is 1.06 bits per heavy atom. The molecule has 1 aromatic carbocycles. The predicted octanol–water partition coefficient (Wildman–Crippen LogP) is 3.97. The second-order valence-corrected chi connectivity index (χ2v) is 5.88. The number of benzene rings is 1. The number of hydrogen-bond acceptors (Lipinski definition) is 2. The van der Waals surface area contributed by atoms with Gasteiger partial charge in [-0.15, -0.1) is 0 Å². The molecule has 0 fully saturated rings. The monoisotopic (exact) mass is 249 g/mol. The highest BCUT2D eigenvalue weighted by Crippen LogP contribution is 2.22. The van der Waals surface area contributed by atoms with Gasteiger partial charge in [-0.3, -0.25) is 0 Å². The number of phenolic OH excluding ortho intramolecular Hbond substituents is 1. The normalized spacial score (nSPS) is 13.6. The van der Waals surface area contributed by atoms with E-state index in [9.17, 15) is 5.11 Å². The zero-order valence-electron chi connectivity index (χ0n) is 12.3. The minimum Gasteiger partial charge on any atom is -0.508 e. The summed E-state index contributed by atoms with van der Waals surface area (Å²) in [5.74, 6) is 2.40. The molecule has 0 aliphatic rings. The van der Waals surface area contributed by atoms with E-state index in [0.29, 0.717) is 23.5 Å². The van der Waals surface area contributed by atoms with E-state index in [1.807, 2.05) is 12.1 Å². The van der Waals surface area contributed by atoms with E-state index >= 15 is 0 Å². The molecule has 2 heteroatoms. The molecule has 1 unspecified atom stereocenters. The van der Waals surface area contributed by atoms with E-state index in [0.717, 1.165) is 12.1 Å². The van der Waals surface area contributed by atoms with E-state index < -0.39 is 0 Å². The molecule has 0 saturated heterocycles. The Hall–Kier alpha value is -1.02. The average Bonchev–Trinajstić information content (AvgIpc) is 2.28. The van der Waals surface area contributed by atoms with E-state index in [-0.39, 0.29) is 6.04 Å². The van der Waals surface area contributed by atoms with Crippen molar-refractivity contribution in [3.05, 3.63) is 29.8 Å². The van der Waals surface area contributed by atoms with Gasteiger partial charge < -0.3 is 10.4 Å². The molecule has 0 bridgehead atoms. The van der Waals surface area contributed by atoms with Gasteiger partial charge in [0.1, 0.15) is 5.75 Å². The van der Waals surface area contributed by atoms with E-state index in [1.54, 1.807) is 6.07 Å². The Morgan fingerprint density at radius 3 is 2.17 bits per heavy atom. The summed E-state index contributed by atoms with van der Waals surface area (Å²) in [6.07, 6.45) is 0. The minimum atomic E-state index is 0.275. The van der Waals surface area contributed by atoms with Gasteiger partial charge in [-0.1, -0.05) is 39.8 Å². The van der Waals surface area contributed by atoms with Gasteiger partial charge in [0, 0.05) is 6.04 Å². The van der Waals surface area contributed by atoms with Crippen molar-refractivity contribution in [3.63, 3.8) is 0 Å². The molecule has 102 valence electrons. The lowest BCUT2D eigenvalue weighted by Crippen LogP contribution is -2.31. The van der Waals surface area contributed by atoms with Crippen LogP contribution in [0.4, 0.5) is 0 Å². The third-order valence-corrected chi connectivity index (χ3v) is 3.74. The first-order valence-electron chi connectivity index (χ1n) is 6.94. The quantitative estimate of drug-likeness (QED) is 0.799. The molecule has 0 aliphatic carbocycles. The molecule has 0 radical (unpaired) electrons. The molecule has 0 aromatic heterocycles. The fourth-order valence-corrected chi connectivity index (χ4v) is 2.47. The summed E-state index contributed by atoms with van der Waals surface area (Å²) in [4.78, 5) is 0. The minimum absolute atomic E-state index is 0.275. The molecule has 0 heterocycles. The fraction of sp³-hybridized carbons (Fsp3) is 0.625. The topological polar surface area (TPSA) is 32.3 Å². The number of hydrogen-bond donors (Lipinski definition) is 2. The molecule has 2 nitrogen and oxygen atoms in total. The van der Waals surface area contributed by atoms with Crippen molar-refractivity contribution < 1.29 is 5.11 Å². The van der Waals surface area contributed by atoms with Crippen molar-refractivity contribution in [1.82, 2.24) is 5.32 Å². The SMILES string of the molecule is CC(NCC(C(C)C)C(C)C)c1cccc(O)c1. The Balaban J connectivity index is 2.57. The Kier molecular flexibility index (Phi) is 5.67. The highest BCUT2D eigenvalue weighted by molar-refractivity contribution is 5.28. The lowest BCUT2D eigenvalue weighted by atomic mass is 9.85. The zero-order chi connectivity index (χ0) is 13.7. The summed E-state index contributed by atoms with van der Waals surface area (Å²) in [5.41, 5.74) is 1.14. The molecule has 0 amide bonds. The van der Waals surface area contributed by atoms with Crippen LogP contribution < -0.4 is 5.32 Å². The molecule has 18 heavy (non-hydrogen) atoms. The second kappa shape index (κ2) is 6.79. The van der Waals surface area contributed by atoms with Gasteiger partial charge in [0.05, 0.1) is 0 Å². The Bertz CT molecular complexity index is 352. The molecule has 1 aromatic rings. The van der Waals surface area contributed by atoms with Crippen LogP contribution in [0.1, 0.15) is 46.2 Å². The van der Waals surface area contributed by atoms with Gasteiger partial charge in [-0.05, 0) is 48.9 Å². The van der Waals surface area contributed by atoms with Gasteiger partial charge in [-0.2, -0.15) is 0 Å². The summed E-state index contributed by atoms with van der Waals surface area (Å²) in [6.45, 7) is 12.3. The van der Waals surface area contributed by atoms with E-state index in [1.165, 1.54) is 0 Å². The molecule has 0 saturated carbocycles. The van der Waals surface area contributed by atoms with Crippen LogP contribution in [0.3, 0.4) is 0 Å². The Labute approximate surface area is 111 Å². The van der Waals surface area contributed by atoms with Crippen LogP contribution in [0.5, 0.6) is 5.75 Å². The molecule has 0 spiro atoms. The van der Waals surface area contributed by atoms with Crippen molar-refractivity contribution in [2.75, 3.05) is 6.54 Å². The smallest absolute Gasteiger partial charge is 0.115 e. The number of rotatable bonds is 6. The van der Waals surface area contributed by atoms with Gasteiger partial charge in [-0.25, -0.2) is 0 Å². The van der Waals surface area contributed by atoms with Crippen molar-refractivity contribution >= 4 is 0 Å². The standard InChI is InChI=1S/C16H27NO/c1-11(2)16(12(3)4)10-17-13(5)14-7-6-8-15(18)9-14/h6-9,11-13,16-18H,10H2,1-5H3. The summed E-state index contributed by atoms with van der Waals surface area (Å²) >= 11 is 0. The fourth-order valence-electron chi connectivity index (χ4n) is 2.47. The lowest BCUT2D eigenvalue weighted by molar-refractivity contribution is 0.268. The van der Waals surface area contributed by atoms with Crippen molar-refractivity contribution in [2.24, 2.45) is 17.8 Å². The maximum absolute atomic E-state index is 9.49. The summed E-state index contributed by atoms with van der Waals surface area (Å²) in [7, 11) is 0. The molecule has 0 aliphatic heterocycles. The first kappa shape index (κ1) is 15.0. The maximum atomic E-state index is 9.49. The first-order valence-corrected chi connectivity index (χ1v) is 6.94.